The van der Waals surface area contributed by atoms with Gasteiger partial charge < -0.3 is 24.4 Å². The molecule has 1 unspecified atom stereocenters. The molecule has 58 heavy (non-hydrogen) atoms. The largest absolute Gasteiger partial charge is 0.457 e. The van der Waals surface area contributed by atoms with E-state index in [1.807, 2.05) is 24.4 Å². The molecule has 6 rings (SSSR count). The third kappa shape index (κ3) is 9.16. The van der Waals surface area contributed by atoms with Crippen LogP contribution in [0.25, 0.3) is 11.2 Å². The van der Waals surface area contributed by atoms with E-state index in [-0.39, 0.29) is 53.1 Å². The monoisotopic (exact) mass is 877 g/mol. The van der Waals surface area contributed by atoms with Gasteiger partial charge in [0.25, 0.3) is 0 Å². The SMILES string of the molecule is C=CCOC(=O)C1=C(COC(=O)NS(=O)(=O)OC[C@H]2O[C@@H](n3cnc4c(N)ncnc43)C(O[Si](C)(C)C(C)(C)C)[C@@H]2C)CS[C@@H]2[C@H](CC(=O)Cc3cccs3)C(=O)N12. The van der Waals surface area contributed by atoms with E-state index >= 15 is 0 Å². The predicted molar refractivity (Wildman–Crippen MR) is 217 cm³/mol. The van der Waals surface area contributed by atoms with Gasteiger partial charge in [-0.05, 0) is 29.6 Å². The average molecular weight is 878 g/mol. The summed E-state index contributed by atoms with van der Waals surface area (Å²) in [6.45, 7) is 14.7. The number of anilines is 1. The molecule has 3 aliphatic heterocycles. The number of aromatic nitrogens is 4. The zero-order valence-electron chi connectivity index (χ0n) is 32.9. The number of ketones is 1. The summed E-state index contributed by atoms with van der Waals surface area (Å²) in [5, 5.41) is 1.19. The summed E-state index contributed by atoms with van der Waals surface area (Å²) in [6, 6.07) is 3.70. The number of carbonyl (C=O) groups is 4. The van der Waals surface area contributed by atoms with Crippen molar-refractivity contribution < 1.29 is 50.4 Å². The molecule has 0 bridgehead atoms. The minimum Gasteiger partial charge on any atom is -0.457 e. The third-order valence-corrected chi connectivity index (χ3v) is 18.3. The highest BCUT2D eigenvalue weighted by Gasteiger charge is 2.54. The lowest BCUT2D eigenvalue weighted by Gasteiger charge is -2.49. The Kier molecular flexibility index (Phi) is 12.9. The second-order valence-corrected chi connectivity index (χ2v) is 23.9. The van der Waals surface area contributed by atoms with Gasteiger partial charge in [-0.3, -0.25) is 23.2 Å². The van der Waals surface area contributed by atoms with Crippen LogP contribution in [0.2, 0.25) is 18.1 Å². The van der Waals surface area contributed by atoms with E-state index in [1.165, 1.54) is 46.7 Å². The Morgan fingerprint density at radius 1 is 1.19 bits per heavy atom. The van der Waals surface area contributed by atoms with Crippen LogP contribution in [-0.4, -0.2) is 108 Å². The topological polar surface area (TPSA) is 233 Å². The fourth-order valence-corrected chi connectivity index (χ4v) is 10.7. The molecule has 6 atom stereocenters. The zero-order chi connectivity index (χ0) is 42.2. The number of Topliss-reactive ketones (excluding diaryl/α,β-unsaturated/α-hetero) is 1. The van der Waals surface area contributed by atoms with Crippen LogP contribution in [0.15, 0.2) is 54.1 Å². The molecule has 0 radical (unpaired) electrons. The van der Waals surface area contributed by atoms with E-state index in [0.717, 1.165) is 4.88 Å². The van der Waals surface area contributed by atoms with Gasteiger partial charge in [0.1, 0.15) is 36.5 Å². The molecule has 0 saturated carbocycles. The van der Waals surface area contributed by atoms with Crippen LogP contribution in [0.4, 0.5) is 10.6 Å². The highest BCUT2D eigenvalue weighted by atomic mass is 32.2. The molecule has 18 nitrogen and oxygen atoms in total. The van der Waals surface area contributed by atoms with Crippen LogP contribution < -0.4 is 10.5 Å². The molecule has 3 aliphatic rings. The van der Waals surface area contributed by atoms with Crippen LogP contribution in [0.3, 0.4) is 0 Å². The summed E-state index contributed by atoms with van der Waals surface area (Å²) in [5.41, 5.74) is 6.90. The van der Waals surface area contributed by atoms with Gasteiger partial charge >= 0.3 is 22.4 Å². The number of nitrogens with one attached hydrogen (secondary N) is 1. The number of carbonyl (C=O) groups excluding carboxylic acids is 4. The zero-order valence-corrected chi connectivity index (χ0v) is 36.4. The van der Waals surface area contributed by atoms with Gasteiger partial charge in [0.05, 0.1) is 36.4 Å². The van der Waals surface area contributed by atoms with Crippen LogP contribution in [-0.2, 0) is 53.9 Å². The van der Waals surface area contributed by atoms with Crippen LogP contribution in [0.5, 0.6) is 0 Å². The molecule has 22 heteroatoms. The van der Waals surface area contributed by atoms with Gasteiger partial charge in [-0.2, -0.15) is 13.1 Å². The van der Waals surface area contributed by atoms with Gasteiger partial charge in [0.15, 0.2) is 26.0 Å². The first-order valence-corrected chi connectivity index (χ1v) is 24.7. The molecule has 3 N–H and O–H groups in total. The van der Waals surface area contributed by atoms with Gasteiger partial charge in [0.2, 0.25) is 5.91 Å². The second-order valence-electron chi connectivity index (χ2n) is 15.6. The third-order valence-electron chi connectivity index (χ3n) is 10.7. The number of β-lactam (4-membered cyclic amide) rings is 1. The Bertz CT molecular complexity index is 2210. The van der Waals surface area contributed by atoms with Crippen molar-refractivity contribution in [1.82, 2.24) is 29.1 Å². The Hall–Kier alpha value is -4.19. The number of hydrogen-bond donors (Lipinski definition) is 2. The van der Waals surface area contributed by atoms with Crippen molar-refractivity contribution in [1.29, 1.82) is 0 Å². The number of esters is 1. The lowest BCUT2D eigenvalue weighted by Crippen LogP contribution is -2.62. The maximum absolute atomic E-state index is 13.3. The molecule has 2 saturated heterocycles. The molecular weight excluding hydrogens is 831 g/mol. The maximum atomic E-state index is 13.3. The summed E-state index contributed by atoms with van der Waals surface area (Å²) in [4.78, 5) is 67.0. The first-order valence-electron chi connectivity index (χ1n) is 18.4. The second kappa shape index (κ2) is 17.2. The molecular formula is C36H47N7O11S3Si. The molecule has 6 heterocycles. The highest BCUT2D eigenvalue weighted by Crippen LogP contribution is 2.46. The molecule has 314 valence electrons. The fourth-order valence-electron chi connectivity index (χ4n) is 6.52. The van der Waals surface area contributed by atoms with Crippen molar-refractivity contribution in [3.05, 3.63) is 59.0 Å². The molecule has 2 amide bonds. The van der Waals surface area contributed by atoms with Crippen molar-refractivity contribution in [2.75, 3.05) is 31.3 Å². The number of imidazole rings is 1. The molecule has 0 spiro atoms. The number of nitrogen functional groups attached to an aromatic ring is 1. The summed E-state index contributed by atoms with van der Waals surface area (Å²) in [5.74, 6) is -2.12. The molecule has 0 aliphatic carbocycles. The first kappa shape index (κ1) is 43.4. The summed E-state index contributed by atoms with van der Waals surface area (Å²) < 4.78 is 58.4. The quantitative estimate of drug-likeness (QED) is 0.0892. The summed E-state index contributed by atoms with van der Waals surface area (Å²) in [6.07, 6.45) is 0.829. The predicted octanol–water partition coefficient (Wildman–Crippen LogP) is 4.10. The maximum Gasteiger partial charge on any atom is 0.423 e. The number of thiophene rings is 1. The fraction of sp³-hybridized carbons (Fsp3) is 0.528. The highest BCUT2D eigenvalue weighted by molar-refractivity contribution is 8.00. The van der Waals surface area contributed by atoms with Crippen LogP contribution >= 0.6 is 23.1 Å². The van der Waals surface area contributed by atoms with E-state index in [0.29, 0.717) is 11.2 Å². The van der Waals surface area contributed by atoms with Gasteiger partial charge in [-0.25, -0.2) is 24.5 Å². The van der Waals surface area contributed by atoms with E-state index in [4.69, 9.17) is 28.6 Å². The number of rotatable bonds is 16. The van der Waals surface area contributed by atoms with E-state index in [9.17, 15) is 27.6 Å². The number of nitrogens with two attached hydrogens (primary N) is 1. The number of nitrogens with zero attached hydrogens (tertiary/aromatic N) is 5. The minimum absolute atomic E-state index is 0.00610. The smallest absolute Gasteiger partial charge is 0.423 e. The lowest BCUT2D eigenvalue weighted by molar-refractivity contribution is -0.155. The molecule has 3 aromatic heterocycles. The summed E-state index contributed by atoms with van der Waals surface area (Å²) in [7, 11) is -7.15. The average Bonchev–Trinajstić information content (AvgIpc) is 3.90. The van der Waals surface area contributed by atoms with Crippen molar-refractivity contribution >= 4 is 82.5 Å². The van der Waals surface area contributed by atoms with E-state index in [1.54, 1.807) is 9.29 Å². The van der Waals surface area contributed by atoms with Crippen LogP contribution in [0, 0.1) is 11.8 Å². The first-order chi connectivity index (χ1) is 27.3. The standard InChI is InChI=1S/C36H47N7O11S3Si/c1-8-11-50-34(46)27-21(17-56-33-24(31(45)43(27)33)14-22(44)13-23-10-9-12-55-23)15-51-35(47)41-57(48,49)52-16-25-20(2)28(54-58(6,7)36(3,4)5)32(53-25)42-19-40-26-29(37)38-18-39-30(26)42/h8-10,12,18-20,24-25,28,32-33H,1,11,13-17H2,2-7H3,(H,41,47)(H2,37,38,39)/t20-,24-,25-,28?,32-,33-/m1/s1. The number of hydrogen-bond acceptors (Lipinski definition) is 17. The Balaban J connectivity index is 1.10. The van der Waals surface area contributed by atoms with Crippen LogP contribution in [0.1, 0.15) is 45.2 Å². The van der Waals surface area contributed by atoms with Crippen molar-refractivity contribution in [2.45, 2.75) is 82.5 Å². The Morgan fingerprint density at radius 3 is 2.64 bits per heavy atom. The number of thioether (sulfide) groups is 1. The van der Waals surface area contributed by atoms with Crippen molar-refractivity contribution in [3.63, 3.8) is 0 Å². The number of amides is 2. The van der Waals surface area contributed by atoms with Crippen molar-refractivity contribution in [3.8, 4) is 0 Å². The van der Waals surface area contributed by atoms with Gasteiger partial charge in [-0.1, -0.05) is 46.4 Å². The number of fused-ring (bicyclic) bond motifs is 2. The molecule has 3 aromatic rings. The van der Waals surface area contributed by atoms with Gasteiger partial charge in [0, 0.05) is 35.0 Å². The van der Waals surface area contributed by atoms with E-state index in [2.05, 4.69) is 55.4 Å². The number of ether oxygens (including phenoxy) is 3. The van der Waals surface area contributed by atoms with Gasteiger partial charge in [-0.15, -0.1) is 23.1 Å². The molecule has 0 aromatic carbocycles. The Labute approximate surface area is 345 Å². The van der Waals surface area contributed by atoms with Crippen molar-refractivity contribution in [2.24, 2.45) is 11.8 Å². The summed E-state index contributed by atoms with van der Waals surface area (Å²) >= 11 is 2.75. The lowest BCUT2D eigenvalue weighted by atomic mass is 9.89. The molecule has 2 fully saturated rings. The minimum atomic E-state index is -4.74. The van der Waals surface area contributed by atoms with E-state index < -0.39 is 85.5 Å². The normalized spacial score (nSPS) is 23.7. The Morgan fingerprint density at radius 2 is 1.95 bits per heavy atom.